The number of hydrogen-bond acceptors (Lipinski definition) is 0. The van der Waals surface area contributed by atoms with Gasteiger partial charge in [0.05, 0.1) is 0 Å². The molecule has 0 N–H and O–H groups in total. The first-order chi connectivity index (χ1) is 21.6. The van der Waals surface area contributed by atoms with Gasteiger partial charge in [0.15, 0.2) is 8.07 Å². The predicted octanol–water partition coefficient (Wildman–Crippen LogP) is 11.7. The van der Waals surface area contributed by atoms with Crippen LogP contribution >= 0.6 is 0 Å². The number of rotatable bonds is 12. The van der Waals surface area contributed by atoms with Crippen molar-refractivity contribution in [2.45, 2.75) is 145 Å². The third-order valence-corrected chi connectivity index (χ3v) is 15.7. The van der Waals surface area contributed by atoms with Gasteiger partial charge in [0.2, 0.25) is 0 Å². The lowest BCUT2D eigenvalue weighted by Gasteiger charge is -2.39. The van der Waals surface area contributed by atoms with Crippen molar-refractivity contribution < 1.29 is 0 Å². The van der Waals surface area contributed by atoms with Gasteiger partial charge in [-0.2, -0.15) is 0 Å². The third-order valence-electron chi connectivity index (χ3n) is 10.8. The Balaban J connectivity index is 2.39. The van der Waals surface area contributed by atoms with Crippen LogP contribution in [-0.4, -0.2) is 8.07 Å². The van der Waals surface area contributed by atoms with Gasteiger partial charge in [-0.15, -0.1) is 0 Å². The Kier molecular flexibility index (Phi) is 11.5. The second kappa shape index (κ2) is 14.6. The van der Waals surface area contributed by atoms with Crippen LogP contribution in [0.15, 0.2) is 77.5 Å². The van der Waals surface area contributed by atoms with Crippen LogP contribution in [-0.2, 0) is 0 Å². The highest BCUT2D eigenvalue weighted by Gasteiger charge is 2.46. The van der Waals surface area contributed by atoms with Crippen LogP contribution in [0, 0.1) is 5.92 Å². The average Bonchev–Trinajstić information content (AvgIpc) is 3.50. The van der Waals surface area contributed by atoms with Gasteiger partial charge in [-0.1, -0.05) is 169 Å². The topological polar surface area (TPSA) is 0 Å². The van der Waals surface area contributed by atoms with Gasteiger partial charge in [-0.05, 0) is 109 Å². The molecule has 0 aromatic heterocycles. The largest absolute Gasteiger partial charge is 0.176 e. The summed E-state index contributed by atoms with van der Waals surface area (Å²) in [6.07, 6.45) is 7.19. The fourth-order valence-corrected chi connectivity index (χ4v) is 12.8. The van der Waals surface area contributed by atoms with Crippen LogP contribution in [0.4, 0.5) is 0 Å². The smallest absolute Gasteiger partial charge is 0.0805 e. The summed E-state index contributed by atoms with van der Waals surface area (Å²) in [5.41, 5.74) is 10.4. The molecule has 1 aliphatic carbocycles. The predicted molar refractivity (Wildman–Crippen MR) is 209 cm³/mol. The van der Waals surface area contributed by atoms with Crippen molar-refractivity contribution in [2.75, 3.05) is 0 Å². The molecule has 3 aromatic carbocycles. The Hall–Kier alpha value is -2.64. The Labute approximate surface area is 284 Å². The number of allylic oxidation sites excluding steroid dienone is 4. The Bertz CT molecular complexity index is 1340. The summed E-state index contributed by atoms with van der Waals surface area (Å²) in [4.78, 5) is 0. The van der Waals surface area contributed by atoms with E-state index in [0.29, 0.717) is 41.4 Å². The molecule has 0 nitrogen and oxygen atoms in total. The van der Waals surface area contributed by atoms with Crippen molar-refractivity contribution in [1.82, 2.24) is 0 Å². The Morgan fingerprint density at radius 1 is 0.457 bits per heavy atom. The van der Waals surface area contributed by atoms with Gasteiger partial charge >= 0.3 is 0 Å². The third kappa shape index (κ3) is 7.11. The molecule has 0 radical (unpaired) electrons. The maximum atomic E-state index is 2.65. The molecule has 1 atom stereocenters. The lowest BCUT2D eigenvalue weighted by Crippen LogP contribution is -2.69. The van der Waals surface area contributed by atoms with Crippen molar-refractivity contribution in [2.24, 2.45) is 5.92 Å². The van der Waals surface area contributed by atoms with E-state index in [1.165, 1.54) is 33.4 Å². The van der Waals surface area contributed by atoms with Crippen LogP contribution in [0.2, 0.25) is 0 Å². The van der Waals surface area contributed by atoms with Crippen molar-refractivity contribution in [3.8, 4) is 0 Å². The molecule has 0 aliphatic heterocycles. The summed E-state index contributed by atoms with van der Waals surface area (Å²) in [6, 6.07) is 23.4. The lowest BCUT2D eigenvalue weighted by atomic mass is 9.95. The molecule has 1 unspecified atom stereocenters. The summed E-state index contributed by atoms with van der Waals surface area (Å²) < 4.78 is 0. The molecule has 0 fully saturated rings. The molecule has 3 aromatic rings. The molecule has 0 heterocycles. The van der Waals surface area contributed by atoms with Gasteiger partial charge < -0.3 is 0 Å². The van der Waals surface area contributed by atoms with Gasteiger partial charge in [0.1, 0.15) is 0 Å². The van der Waals surface area contributed by atoms with E-state index >= 15 is 0 Å². The molecule has 0 spiro atoms. The minimum absolute atomic E-state index is 0.468. The van der Waals surface area contributed by atoms with E-state index in [1.807, 2.05) is 0 Å². The van der Waals surface area contributed by atoms with E-state index < -0.39 is 8.07 Å². The Morgan fingerprint density at radius 3 is 0.978 bits per heavy atom. The van der Waals surface area contributed by atoms with Crippen LogP contribution in [0.25, 0.3) is 0 Å². The molecule has 46 heavy (non-hydrogen) atoms. The van der Waals surface area contributed by atoms with Gasteiger partial charge in [0.25, 0.3) is 0 Å². The zero-order valence-electron chi connectivity index (χ0n) is 31.8. The molecule has 248 valence electrons. The minimum Gasteiger partial charge on any atom is -0.0805 e. The van der Waals surface area contributed by atoms with Crippen molar-refractivity contribution >= 4 is 23.6 Å². The zero-order chi connectivity index (χ0) is 34.1. The molecule has 1 aliphatic rings. The molecule has 4 rings (SSSR count). The first-order valence-electron chi connectivity index (χ1n) is 18.5. The molecule has 1 heteroatoms. The number of hydrogen-bond donors (Lipinski definition) is 0. The summed E-state index contributed by atoms with van der Waals surface area (Å²) in [7, 11) is -2.78. The van der Waals surface area contributed by atoms with Crippen LogP contribution in [0.5, 0.6) is 0 Å². The van der Waals surface area contributed by atoms with E-state index in [2.05, 4.69) is 164 Å². The molecular weight excluding hydrogens is 569 g/mol. The first kappa shape index (κ1) is 36.2. The lowest BCUT2D eigenvalue weighted by molar-refractivity contribution is 0.669. The van der Waals surface area contributed by atoms with Crippen molar-refractivity contribution in [3.05, 3.63) is 111 Å². The quantitative estimate of drug-likeness (QED) is 0.138. The standard InChI is InChI=1S/C45H64Si/c1-15-34(14)44-17-16-18-45(44)46(41-22-35(28(2)3)19-36(23-41)29(4)5,42-24-37(30(6)7)20-38(25-42)31(8)9)43-26-39(32(10)11)21-40(27-43)33(12)13/h16-17,19-34H,15,18H2,1-14H3. The van der Waals surface area contributed by atoms with Crippen LogP contribution in [0.1, 0.15) is 179 Å². The fourth-order valence-electron chi connectivity index (χ4n) is 7.28. The maximum absolute atomic E-state index is 2.78. The highest BCUT2D eigenvalue weighted by Crippen LogP contribution is 2.37. The molecule has 0 saturated heterocycles. The highest BCUT2D eigenvalue weighted by molar-refractivity contribution is 7.16. The maximum Gasteiger partial charge on any atom is 0.176 e. The number of benzene rings is 3. The normalized spacial score (nSPS) is 14.8. The second-order valence-electron chi connectivity index (χ2n) is 16.2. The average molecular weight is 633 g/mol. The SMILES string of the molecule is CCC(C)C1=C([Si](c2cc(C(C)C)cc(C(C)C)c2)(c2cc(C(C)C)cc(C(C)C)c2)c2cc(C(C)C)cc(C(C)C)c2)CC=C1. The molecule has 0 bridgehead atoms. The summed E-state index contributed by atoms with van der Waals surface area (Å²) in [5, 5.41) is 6.44. The zero-order valence-corrected chi connectivity index (χ0v) is 32.8. The Morgan fingerprint density at radius 2 is 0.739 bits per heavy atom. The van der Waals surface area contributed by atoms with E-state index in [-0.39, 0.29) is 0 Å². The van der Waals surface area contributed by atoms with E-state index in [0.717, 1.165) is 12.8 Å². The van der Waals surface area contributed by atoms with Gasteiger partial charge in [-0.3, -0.25) is 0 Å². The molecular formula is C45H64Si. The summed E-state index contributed by atoms with van der Waals surface area (Å²) >= 11 is 0. The first-order valence-corrected chi connectivity index (χ1v) is 20.5. The monoisotopic (exact) mass is 632 g/mol. The van der Waals surface area contributed by atoms with Gasteiger partial charge in [-0.25, -0.2) is 0 Å². The van der Waals surface area contributed by atoms with Crippen LogP contribution < -0.4 is 15.6 Å². The van der Waals surface area contributed by atoms with E-state index in [4.69, 9.17) is 0 Å². The summed E-state index contributed by atoms with van der Waals surface area (Å²) in [5.74, 6) is 3.33. The molecule has 0 amide bonds. The fraction of sp³-hybridized carbons (Fsp3) is 0.511. The van der Waals surface area contributed by atoms with Crippen molar-refractivity contribution in [1.29, 1.82) is 0 Å². The second-order valence-corrected chi connectivity index (χ2v) is 20.0. The van der Waals surface area contributed by atoms with E-state index in [9.17, 15) is 0 Å². The van der Waals surface area contributed by atoms with E-state index in [1.54, 1.807) is 26.3 Å². The van der Waals surface area contributed by atoms with Crippen molar-refractivity contribution in [3.63, 3.8) is 0 Å². The molecule has 0 saturated carbocycles. The minimum atomic E-state index is -2.78. The summed E-state index contributed by atoms with van der Waals surface area (Å²) in [6.45, 7) is 33.3. The van der Waals surface area contributed by atoms with Crippen LogP contribution in [0.3, 0.4) is 0 Å². The van der Waals surface area contributed by atoms with Gasteiger partial charge in [0, 0.05) is 0 Å². The highest BCUT2D eigenvalue weighted by atomic mass is 28.3.